The van der Waals surface area contributed by atoms with E-state index in [1.54, 1.807) is 29.8 Å². The van der Waals surface area contributed by atoms with Gasteiger partial charge in [-0.1, -0.05) is 0 Å². The summed E-state index contributed by atoms with van der Waals surface area (Å²) in [6.45, 7) is 4.66. The number of hydrogen-bond acceptors (Lipinski definition) is 10. The minimum atomic E-state index is -0.914. The number of ether oxygens (including phenoxy) is 3. The molecule has 4 aromatic rings. The number of nitrogens with zero attached hydrogens (tertiary/aromatic N) is 6. The Morgan fingerprint density at radius 1 is 1.10 bits per heavy atom. The van der Waals surface area contributed by atoms with Crippen LogP contribution in [0.4, 0.5) is 16.4 Å². The van der Waals surface area contributed by atoms with Crippen molar-refractivity contribution in [3.63, 3.8) is 0 Å². The molecule has 0 spiro atoms. The first-order valence-electron chi connectivity index (χ1n) is 13.4. The lowest BCUT2D eigenvalue weighted by atomic mass is 9.92. The van der Waals surface area contributed by atoms with Gasteiger partial charge in [0.2, 0.25) is 0 Å². The van der Waals surface area contributed by atoms with Gasteiger partial charge < -0.3 is 24.6 Å². The maximum Gasteiger partial charge on any atom is 0.407 e. The van der Waals surface area contributed by atoms with Crippen LogP contribution in [0.2, 0.25) is 0 Å². The number of nitrogens with one attached hydrogen (secondary N) is 1. The summed E-state index contributed by atoms with van der Waals surface area (Å²) in [5.74, 6) is 1.11. The summed E-state index contributed by atoms with van der Waals surface area (Å²) >= 11 is 0. The third kappa shape index (κ3) is 5.48. The summed E-state index contributed by atoms with van der Waals surface area (Å²) in [4.78, 5) is 29.6. The number of carbonyl (C=O) groups excluding carboxylic acids is 1. The highest BCUT2D eigenvalue weighted by Gasteiger charge is 2.42. The van der Waals surface area contributed by atoms with Crippen molar-refractivity contribution in [2.24, 2.45) is 0 Å². The Hall–Kier alpha value is -4.78. The minimum Gasteiger partial charge on any atom is -0.488 e. The largest absolute Gasteiger partial charge is 0.488 e. The Kier molecular flexibility index (Phi) is 7.10. The zero-order valence-corrected chi connectivity index (χ0v) is 22.6. The fraction of sp³-hybridized carbons (Fsp3) is 0.357. The molecule has 6 heterocycles. The third-order valence-electron chi connectivity index (χ3n) is 7.18. The summed E-state index contributed by atoms with van der Waals surface area (Å²) in [5, 5.41) is 25.3. The van der Waals surface area contributed by atoms with E-state index in [4.69, 9.17) is 14.2 Å². The SMILES string of the molecule is CCOC(=O)c1ccc(Nc2cc3cc(-c4cc(C)ncc4OC4C[C@H]5COC[C@@H](C4)N5C(=O)O)ccn3n2)nn1. The van der Waals surface area contributed by atoms with Gasteiger partial charge in [-0.2, -0.15) is 5.10 Å². The molecule has 2 fully saturated rings. The Morgan fingerprint density at radius 2 is 1.90 bits per heavy atom. The molecule has 2 bridgehead atoms. The van der Waals surface area contributed by atoms with Crippen LogP contribution in [0.5, 0.6) is 5.75 Å². The minimum absolute atomic E-state index is 0.131. The Balaban J connectivity index is 1.21. The first-order valence-corrected chi connectivity index (χ1v) is 13.4. The van der Waals surface area contributed by atoms with Crippen molar-refractivity contribution in [3.05, 3.63) is 60.2 Å². The molecular formula is C28H29N7O6. The number of hydrogen-bond donors (Lipinski definition) is 2. The van der Waals surface area contributed by atoms with E-state index >= 15 is 0 Å². The fourth-order valence-corrected chi connectivity index (χ4v) is 5.39. The normalized spacial score (nSPS) is 20.0. The van der Waals surface area contributed by atoms with Gasteiger partial charge in [-0.3, -0.25) is 9.88 Å². The molecule has 0 radical (unpaired) electrons. The smallest absolute Gasteiger partial charge is 0.407 e. The molecular weight excluding hydrogens is 530 g/mol. The average Bonchev–Trinajstić information content (AvgIpc) is 3.35. The molecule has 1 unspecified atom stereocenters. The number of aromatic nitrogens is 5. The molecule has 3 atom stereocenters. The lowest BCUT2D eigenvalue weighted by molar-refractivity contribution is -0.0857. The zero-order valence-electron chi connectivity index (χ0n) is 22.6. The highest BCUT2D eigenvalue weighted by Crippen LogP contribution is 2.35. The molecule has 6 rings (SSSR count). The van der Waals surface area contributed by atoms with E-state index in [0.717, 1.165) is 22.3 Å². The second-order valence-corrected chi connectivity index (χ2v) is 10.0. The van der Waals surface area contributed by atoms with Gasteiger partial charge >= 0.3 is 12.1 Å². The Labute approximate surface area is 235 Å². The molecule has 1 amide bonds. The predicted molar refractivity (Wildman–Crippen MR) is 146 cm³/mol. The summed E-state index contributed by atoms with van der Waals surface area (Å²) in [5.41, 5.74) is 3.63. The number of pyridine rings is 2. The van der Waals surface area contributed by atoms with Crippen LogP contribution in [0.1, 0.15) is 35.9 Å². The summed E-state index contributed by atoms with van der Waals surface area (Å²) in [7, 11) is 0. The second kappa shape index (κ2) is 11.0. The van der Waals surface area contributed by atoms with E-state index in [0.29, 0.717) is 43.4 Å². The Morgan fingerprint density at radius 3 is 2.61 bits per heavy atom. The van der Waals surface area contributed by atoms with Crippen LogP contribution < -0.4 is 10.1 Å². The van der Waals surface area contributed by atoms with Gasteiger partial charge in [0.15, 0.2) is 17.3 Å². The van der Waals surface area contributed by atoms with Gasteiger partial charge in [-0.15, -0.1) is 10.2 Å². The highest BCUT2D eigenvalue weighted by molar-refractivity contribution is 5.87. The summed E-state index contributed by atoms with van der Waals surface area (Å²) < 4.78 is 18.8. The number of fused-ring (bicyclic) bond motifs is 3. The lowest BCUT2D eigenvalue weighted by Gasteiger charge is -2.46. The maximum absolute atomic E-state index is 11.8. The van der Waals surface area contributed by atoms with Crippen molar-refractivity contribution in [2.75, 3.05) is 25.1 Å². The van der Waals surface area contributed by atoms with E-state index < -0.39 is 12.1 Å². The standard InChI is InChI=1S/C28H29N7O6/c1-3-40-27(36)23-4-5-25(32-31-23)30-26-12-18-9-17(6-7-34(18)33-26)22-8-16(2)29-13-24(22)41-21-10-19-14-39-15-20(11-21)35(19)28(37)38/h4-9,12-13,19-21H,3,10-11,14-15H2,1-2H3,(H,37,38)(H,30,32,33)/t19-,20+,21?. The molecule has 2 aliphatic heterocycles. The number of carboxylic acid groups (broad SMARTS) is 1. The van der Waals surface area contributed by atoms with Crippen LogP contribution in [-0.2, 0) is 9.47 Å². The number of morpholine rings is 1. The van der Waals surface area contributed by atoms with Crippen molar-refractivity contribution in [1.29, 1.82) is 0 Å². The van der Waals surface area contributed by atoms with E-state index in [1.807, 2.05) is 37.4 Å². The highest BCUT2D eigenvalue weighted by atomic mass is 16.5. The van der Waals surface area contributed by atoms with Gasteiger partial charge in [0.25, 0.3) is 0 Å². The van der Waals surface area contributed by atoms with Gasteiger partial charge in [-0.25, -0.2) is 14.1 Å². The number of anilines is 2. The molecule has 2 saturated heterocycles. The van der Waals surface area contributed by atoms with Crippen LogP contribution in [0.25, 0.3) is 16.6 Å². The van der Waals surface area contributed by atoms with Gasteiger partial charge in [0, 0.05) is 36.4 Å². The molecule has 0 aromatic carbocycles. The van der Waals surface area contributed by atoms with Crippen LogP contribution in [0, 0.1) is 6.92 Å². The molecule has 2 N–H and O–H groups in total. The molecule has 13 nitrogen and oxygen atoms in total. The number of amides is 1. The molecule has 2 aliphatic rings. The summed E-state index contributed by atoms with van der Waals surface area (Å²) in [6, 6.07) is 10.5. The Bertz CT molecular complexity index is 1580. The van der Waals surface area contributed by atoms with E-state index in [9.17, 15) is 14.7 Å². The number of rotatable bonds is 7. The molecule has 13 heteroatoms. The van der Waals surface area contributed by atoms with Gasteiger partial charge in [0.1, 0.15) is 11.9 Å². The van der Waals surface area contributed by atoms with Crippen molar-refractivity contribution in [2.45, 2.75) is 44.9 Å². The van der Waals surface area contributed by atoms with E-state index in [-0.39, 0.29) is 30.5 Å². The van der Waals surface area contributed by atoms with Crippen molar-refractivity contribution < 1.29 is 28.9 Å². The fourth-order valence-electron chi connectivity index (χ4n) is 5.39. The maximum atomic E-state index is 11.8. The monoisotopic (exact) mass is 559 g/mol. The number of aryl methyl sites for hydroxylation is 1. The van der Waals surface area contributed by atoms with Crippen LogP contribution in [0.15, 0.2) is 48.8 Å². The van der Waals surface area contributed by atoms with Gasteiger partial charge in [-0.05, 0) is 49.7 Å². The molecule has 4 aromatic heterocycles. The first-order chi connectivity index (χ1) is 19.9. The zero-order chi connectivity index (χ0) is 28.5. The average molecular weight is 560 g/mol. The van der Waals surface area contributed by atoms with Crippen molar-refractivity contribution >= 4 is 29.2 Å². The summed E-state index contributed by atoms with van der Waals surface area (Å²) in [6.07, 6.45) is 3.62. The predicted octanol–water partition coefficient (Wildman–Crippen LogP) is 3.70. The van der Waals surface area contributed by atoms with E-state index in [2.05, 4.69) is 25.6 Å². The van der Waals surface area contributed by atoms with Crippen LogP contribution in [-0.4, -0.2) is 84.9 Å². The van der Waals surface area contributed by atoms with Crippen LogP contribution >= 0.6 is 0 Å². The number of esters is 1. The molecule has 0 saturated carbocycles. The molecule has 41 heavy (non-hydrogen) atoms. The number of carbonyl (C=O) groups is 2. The topological polar surface area (TPSA) is 153 Å². The molecule has 0 aliphatic carbocycles. The van der Waals surface area contributed by atoms with E-state index in [1.165, 1.54) is 4.90 Å². The van der Waals surface area contributed by atoms with Crippen LogP contribution in [0.3, 0.4) is 0 Å². The third-order valence-corrected chi connectivity index (χ3v) is 7.18. The quantitative estimate of drug-likeness (QED) is 0.319. The van der Waals surface area contributed by atoms with Gasteiger partial charge in [0.05, 0.1) is 43.6 Å². The first kappa shape index (κ1) is 26.4. The molecule has 212 valence electrons. The second-order valence-electron chi connectivity index (χ2n) is 10.0. The lowest BCUT2D eigenvalue weighted by Crippen LogP contribution is -2.60. The van der Waals surface area contributed by atoms with Crippen molar-refractivity contribution in [1.82, 2.24) is 29.7 Å². The number of piperidine rings is 1. The van der Waals surface area contributed by atoms with Crippen molar-refractivity contribution in [3.8, 4) is 16.9 Å².